The van der Waals surface area contributed by atoms with Crippen molar-refractivity contribution in [1.29, 1.82) is 0 Å². The number of carbonyl (C=O) groups excluding carboxylic acids is 3. The van der Waals surface area contributed by atoms with E-state index in [2.05, 4.69) is 93.7 Å². The van der Waals surface area contributed by atoms with Gasteiger partial charge >= 0.3 is 17.9 Å². The molecule has 0 heterocycles. The molecule has 0 fully saturated rings. The predicted molar refractivity (Wildman–Crippen MR) is 265 cm³/mol. The zero-order chi connectivity index (χ0) is 45.1. The molecule has 0 aliphatic heterocycles. The summed E-state index contributed by atoms with van der Waals surface area (Å²) in [5, 5.41) is 0. The highest BCUT2D eigenvalue weighted by molar-refractivity contribution is 5.71. The van der Waals surface area contributed by atoms with Crippen LogP contribution in [-0.2, 0) is 28.6 Å². The maximum absolute atomic E-state index is 12.6. The van der Waals surface area contributed by atoms with Crippen molar-refractivity contribution in [3.8, 4) is 0 Å². The molecule has 1 atom stereocenters. The van der Waals surface area contributed by atoms with Crippen molar-refractivity contribution >= 4 is 17.9 Å². The number of unbranched alkanes of at least 4 members (excludes halogenated alkanes) is 23. The third kappa shape index (κ3) is 47.9. The van der Waals surface area contributed by atoms with E-state index >= 15 is 0 Å². The van der Waals surface area contributed by atoms with Crippen molar-refractivity contribution < 1.29 is 28.6 Å². The second-order valence-corrected chi connectivity index (χ2v) is 17.1. The van der Waals surface area contributed by atoms with E-state index in [4.69, 9.17) is 14.2 Å². The van der Waals surface area contributed by atoms with Gasteiger partial charge in [0.1, 0.15) is 13.2 Å². The zero-order valence-corrected chi connectivity index (χ0v) is 40.6. The predicted octanol–water partition coefficient (Wildman–Crippen LogP) is 17.0. The minimum Gasteiger partial charge on any atom is -0.462 e. The standard InChI is InChI=1S/C56H96O6/c1-4-7-10-13-15-17-19-20-21-22-23-24-25-26-27-28-29-30-31-32-33-34-35-36-37-39-40-43-46-49-55(58)61-52-53(51-60-54(57)48-45-42-12-9-6-3)62-56(59)50-47-44-41-38-18-16-14-11-8-5-2/h7,10-11,14-15,17,20-21,23-24,26-27,53H,4-6,8-9,12-13,16,18-19,22,25,28-52H2,1-3H3/b10-7-,14-11-,17-15-,21-20-,24-23-,27-26-. The van der Waals surface area contributed by atoms with Gasteiger partial charge in [-0.05, 0) is 83.5 Å². The van der Waals surface area contributed by atoms with E-state index in [9.17, 15) is 14.4 Å². The Morgan fingerprint density at radius 3 is 1.06 bits per heavy atom. The maximum Gasteiger partial charge on any atom is 0.306 e. The van der Waals surface area contributed by atoms with Gasteiger partial charge in [-0.1, -0.05) is 216 Å². The van der Waals surface area contributed by atoms with Crippen LogP contribution >= 0.6 is 0 Å². The van der Waals surface area contributed by atoms with Crippen LogP contribution in [0.3, 0.4) is 0 Å². The first kappa shape index (κ1) is 58.9. The molecule has 6 heteroatoms. The first-order chi connectivity index (χ1) is 30.5. The van der Waals surface area contributed by atoms with E-state index in [1.807, 2.05) is 0 Å². The molecule has 356 valence electrons. The molecule has 0 spiro atoms. The van der Waals surface area contributed by atoms with Gasteiger partial charge in [-0.25, -0.2) is 0 Å². The first-order valence-electron chi connectivity index (χ1n) is 25.9. The zero-order valence-electron chi connectivity index (χ0n) is 40.6. The Hall–Kier alpha value is -3.15. The Morgan fingerprint density at radius 2 is 0.661 bits per heavy atom. The molecular weight excluding hydrogens is 769 g/mol. The van der Waals surface area contributed by atoms with Crippen LogP contribution in [-0.4, -0.2) is 37.2 Å². The molecule has 0 aromatic heterocycles. The number of rotatable bonds is 46. The summed E-state index contributed by atoms with van der Waals surface area (Å²) < 4.78 is 16.6. The van der Waals surface area contributed by atoms with Crippen LogP contribution < -0.4 is 0 Å². The highest BCUT2D eigenvalue weighted by Gasteiger charge is 2.19. The fourth-order valence-corrected chi connectivity index (χ4v) is 7.06. The number of hydrogen-bond acceptors (Lipinski definition) is 6. The Bertz CT molecular complexity index is 1180. The third-order valence-corrected chi connectivity index (χ3v) is 10.9. The summed E-state index contributed by atoms with van der Waals surface area (Å²) in [6.07, 6.45) is 63.7. The molecule has 0 aromatic carbocycles. The summed E-state index contributed by atoms with van der Waals surface area (Å²) in [7, 11) is 0. The van der Waals surface area contributed by atoms with E-state index in [1.165, 1.54) is 89.9 Å². The molecule has 6 nitrogen and oxygen atoms in total. The van der Waals surface area contributed by atoms with Crippen LogP contribution in [0.5, 0.6) is 0 Å². The molecule has 0 aromatic rings. The van der Waals surface area contributed by atoms with Gasteiger partial charge in [-0.15, -0.1) is 0 Å². The van der Waals surface area contributed by atoms with Gasteiger partial charge in [0.05, 0.1) is 0 Å². The molecule has 0 aliphatic carbocycles. The molecule has 1 unspecified atom stereocenters. The topological polar surface area (TPSA) is 78.9 Å². The molecule has 0 radical (unpaired) electrons. The fraction of sp³-hybridized carbons (Fsp3) is 0.732. The van der Waals surface area contributed by atoms with Gasteiger partial charge in [0.2, 0.25) is 0 Å². The number of allylic oxidation sites excluding steroid dienone is 12. The molecule has 0 N–H and O–H groups in total. The van der Waals surface area contributed by atoms with Crippen molar-refractivity contribution in [2.45, 2.75) is 252 Å². The average Bonchev–Trinajstić information content (AvgIpc) is 3.27. The second kappa shape index (κ2) is 50.5. The third-order valence-electron chi connectivity index (χ3n) is 10.9. The Kier molecular flexibility index (Phi) is 47.9. The van der Waals surface area contributed by atoms with Gasteiger partial charge in [0.25, 0.3) is 0 Å². The van der Waals surface area contributed by atoms with Gasteiger partial charge in [-0.2, -0.15) is 0 Å². The van der Waals surface area contributed by atoms with Gasteiger partial charge < -0.3 is 14.2 Å². The number of hydrogen-bond donors (Lipinski definition) is 0. The van der Waals surface area contributed by atoms with Crippen molar-refractivity contribution in [3.63, 3.8) is 0 Å². The van der Waals surface area contributed by atoms with E-state index in [1.54, 1.807) is 0 Å². The maximum atomic E-state index is 12.6. The lowest BCUT2D eigenvalue weighted by Gasteiger charge is -2.18. The van der Waals surface area contributed by atoms with Crippen LogP contribution in [0.1, 0.15) is 245 Å². The van der Waals surface area contributed by atoms with Crippen molar-refractivity contribution in [1.82, 2.24) is 0 Å². The first-order valence-corrected chi connectivity index (χ1v) is 25.9. The molecular formula is C56H96O6. The monoisotopic (exact) mass is 865 g/mol. The van der Waals surface area contributed by atoms with Crippen molar-refractivity contribution in [3.05, 3.63) is 72.9 Å². The van der Waals surface area contributed by atoms with Gasteiger partial charge in [-0.3, -0.25) is 14.4 Å². The molecule has 0 aliphatic rings. The lowest BCUT2D eigenvalue weighted by molar-refractivity contribution is -0.167. The Labute approximate surface area is 382 Å². The van der Waals surface area contributed by atoms with Gasteiger partial charge in [0.15, 0.2) is 6.10 Å². The average molecular weight is 865 g/mol. The molecule has 62 heavy (non-hydrogen) atoms. The molecule has 0 bridgehead atoms. The molecule has 0 amide bonds. The summed E-state index contributed by atoms with van der Waals surface area (Å²) in [5.74, 6) is -0.905. The molecule has 0 rings (SSSR count). The number of carbonyl (C=O) groups is 3. The minimum absolute atomic E-state index is 0.0784. The lowest BCUT2D eigenvalue weighted by Crippen LogP contribution is -2.30. The normalized spacial score (nSPS) is 12.6. The molecule has 0 saturated carbocycles. The summed E-state index contributed by atoms with van der Waals surface area (Å²) in [5.41, 5.74) is 0. The fourth-order valence-electron chi connectivity index (χ4n) is 7.06. The minimum atomic E-state index is -0.773. The Morgan fingerprint density at radius 1 is 0.339 bits per heavy atom. The van der Waals surface area contributed by atoms with E-state index in [0.29, 0.717) is 19.3 Å². The SMILES string of the molecule is CC/C=C\C/C=C\C/C=C\C/C=C\C/C=C\CCCCCCCCCCCCCCCC(=O)OCC(COC(=O)CCCCCCC)OC(=O)CCCCCCC/C=C\CCC. The van der Waals surface area contributed by atoms with Crippen LogP contribution in [0.4, 0.5) is 0 Å². The highest BCUT2D eigenvalue weighted by Crippen LogP contribution is 2.15. The summed E-state index contributed by atoms with van der Waals surface area (Å²) >= 11 is 0. The number of ether oxygens (including phenoxy) is 3. The largest absolute Gasteiger partial charge is 0.462 e. The summed E-state index contributed by atoms with van der Waals surface area (Å²) in [4.78, 5) is 37.5. The lowest BCUT2D eigenvalue weighted by atomic mass is 10.0. The van der Waals surface area contributed by atoms with Crippen LogP contribution in [0, 0.1) is 0 Å². The highest BCUT2D eigenvalue weighted by atomic mass is 16.6. The van der Waals surface area contributed by atoms with Crippen molar-refractivity contribution in [2.24, 2.45) is 0 Å². The van der Waals surface area contributed by atoms with E-state index in [-0.39, 0.29) is 31.1 Å². The van der Waals surface area contributed by atoms with Crippen molar-refractivity contribution in [2.75, 3.05) is 13.2 Å². The number of esters is 3. The van der Waals surface area contributed by atoms with E-state index in [0.717, 1.165) is 116 Å². The van der Waals surface area contributed by atoms with Crippen LogP contribution in [0.15, 0.2) is 72.9 Å². The van der Waals surface area contributed by atoms with Gasteiger partial charge in [0, 0.05) is 19.3 Å². The van der Waals surface area contributed by atoms with E-state index < -0.39 is 6.10 Å². The quantitative estimate of drug-likeness (QED) is 0.0262. The Balaban J connectivity index is 3.98. The summed E-state index contributed by atoms with van der Waals surface area (Å²) in [6, 6.07) is 0. The van der Waals surface area contributed by atoms with Crippen LogP contribution in [0.25, 0.3) is 0 Å². The second-order valence-electron chi connectivity index (χ2n) is 17.1. The smallest absolute Gasteiger partial charge is 0.306 e. The van der Waals surface area contributed by atoms with Crippen LogP contribution in [0.2, 0.25) is 0 Å². The molecule has 0 saturated heterocycles. The summed E-state index contributed by atoms with van der Waals surface area (Å²) in [6.45, 7) is 6.36.